The number of fused-ring (bicyclic) bond motifs is 1. The van der Waals surface area contributed by atoms with E-state index < -0.39 is 4.92 Å². The van der Waals surface area contributed by atoms with Gasteiger partial charge in [-0.1, -0.05) is 17.4 Å². The Kier molecular flexibility index (Phi) is 3.34. The van der Waals surface area contributed by atoms with Crippen molar-refractivity contribution in [2.24, 2.45) is 0 Å². The van der Waals surface area contributed by atoms with Crippen LogP contribution in [0.1, 0.15) is 33.3 Å². The highest BCUT2D eigenvalue weighted by atomic mass is 32.1. The smallest absolute Gasteiger partial charge is 0.324 e. The third-order valence-corrected chi connectivity index (χ3v) is 4.58. The van der Waals surface area contributed by atoms with Crippen LogP contribution in [0.4, 0.5) is 10.7 Å². The maximum absolute atomic E-state index is 12.2. The van der Waals surface area contributed by atoms with Crippen LogP contribution in [0.5, 0.6) is 0 Å². The van der Waals surface area contributed by atoms with Crippen LogP contribution >= 0.6 is 11.3 Å². The first kappa shape index (κ1) is 13.6. The van der Waals surface area contributed by atoms with E-state index >= 15 is 0 Å². The number of benzene rings is 1. The van der Waals surface area contributed by atoms with Crippen molar-refractivity contribution in [3.05, 3.63) is 56.5 Å². The summed E-state index contributed by atoms with van der Waals surface area (Å²) in [4.78, 5) is 22.7. The monoisotopic (exact) mass is 303 g/mol. The van der Waals surface area contributed by atoms with Gasteiger partial charge in [0.15, 0.2) is 0 Å². The molecule has 1 heterocycles. The molecular formula is C14H13N3O3S. The highest BCUT2D eigenvalue weighted by molar-refractivity contribution is 7.17. The summed E-state index contributed by atoms with van der Waals surface area (Å²) >= 11 is 0.885. The predicted octanol–water partition coefficient (Wildman–Crippen LogP) is 2.66. The van der Waals surface area contributed by atoms with Crippen LogP contribution in [0, 0.1) is 10.1 Å². The van der Waals surface area contributed by atoms with Gasteiger partial charge < -0.3 is 11.1 Å². The van der Waals surface area contributed by atoms with Gasteiger partial charge in [0.1, 0.15) is 0 Å². The summed E-state index contributed by atoms with van der Waals surface area (Å²) in [5, 5.41) is 13.6. The molecule has 3 rings (SSSR count). The molecule has 0 aliphatic heterocycles. The number of carbonyl (C=O) groups excluding carboxylic acids is 1. The topological polar surface area (TPSA) is 98.3 Å². The number of nitro groups is 1. The molecular weight excluding hydrogens is 290 g/mol. The normalized spacial score (nSPS) is 16.5. The van der Waals surface area contributed by atoms with E-state index in [0.717, 1.165) is 41.0 Å². The van der Waals surface area contributed by atoms with Crippen LogP contribution in [0.3, 0.4) is 0 Å². The Hall–Kier alpha value is -2.41. The Balaban J connectivity index is 1.76. The molecule has 0 radical (unpaired) electrons. The molecule has 3 N–H and O–H groups in total. The molecule has 1 unspecified atom stereocenters. The Morgan fingerprint density at radius 2 is 2.19 bits per heavy atom. The van der Waals surface area contributed by atoms with E-state index in [1.54, 1.807) is 0 Å². The fourth-order valence-corrected chi connectivity index (χ4v) is 3.29. The maximum Gasteiger partial charge on any atom is 0.324 e. The third-order valence-electron chi connectivity index (χ3n) is 3.55. The van der Waals surface area contributed by atoms with Crippen molar-refractivity contribution in [1.29, 1.82) is 0 Å². The number of hydrogen-bond acceptors (Lipinski definition) is 5. The van der Waals surface area contributed by atoms with Gasteiger partial charge in [-0.2, -0.15) is 0 Å². The number of carbonyl (C=O) groups is 1. The zero-order valence-electron chi connectivity index (χ0n) is 11.0. The Labute approximate surface area is 124 Å². The quantitative estimate of drug-likeness (QED) is 0.517. The number of anilines is 1. The number of amides is 1. The second kappa shape index (κ2) is 5.17. The van der Waals surface area contributed by atoms with E-state index in [0.29, 0.717) is 4.88 Å². The second-order valence-corrected chi connectivity index (χ2v) is 5.98. The standard InChI is InChI=1S/C14H13N3O3S/c15-9-2-3-10-8(7-9)1-4-11(10)16-14(18)12-5-6-13(21-12)17(19)20/h2-3,5-7,11H,1,4,15H2,(H,16,18). The minimum atomic E-state index is -0.491. The Morgan fingerprint density at radius 1 is 1.38 bits per heavy atom. The number of nitrogens with one attached hydrogen (secondary N) is 1. The van der Waals surface area contributed by atoms with Gasteiger partial charge in [0, 0.05) is 11.8 Å². The van der Waals surface area contributed by atoms with Crippen LogP contribution < -0.4 is 11.1 Å². The molecule has 1 amide bonds. The van der Waals surface area contributed by atoms with E-state index in [1.807, 2.05) is 18.2 Å². The van der Waals surface area contributed by atoms with Crippen molar-refractivity contribution >= 4 is 27.9 Å². The molecule has 0 bridgehead atoms. The fraction of sp³-hybridized carbons (Fsp3) is 0.214. The van der Waals surface area contributed by atoms with Crippen molar-refractivity contribution < 1.29 is 9.72 Å². The molecule has 0 fully saturated rings. The number of thiophene rings is 1. The van der Waals surface area contributed by atoms with Gasteiger partial charge in [-0.25, -0.2) is 0 Å². The van der Waals surface area contributed by atoms with Crippen LogP contribution in [-0.2, 0) is 6.42 Å². The molecule has 1 atom stereocenters. The first-order valence-electron chi connectivity index (χ1n) is 6.48. The van der Waals surface area contributed by atoms with E-state index in [-0.39, 0.29) is 17.0 Å². The van der Waals surface area contributed by atoms with Gasteiger partial charge in [0.25, 0.3) is 5.91 Å². The number of nitrogens with two attached hydrogens (primary N) is 1. The van der Waals surface area contributed by atoms with Gasteiger partial charge in [-0.3, -0.25) is 14.9 Å². The summed E-state index contributed by atoms with van der Waals surface area (Å²) in [5.74, 6) is -0.275. The first-order valence-corrected chi connectivity index (χ1v) is 7.29. The van der Waals surface area contributed by atoms with E-state index in [1.165, 1.54) is 12.1 Å². The summed E-state index contributed by atoms with van der Waals surface area (Å²) < 4.78 is 0. The molecule has 1 aromatic heterocycles. The van der Waals surface area contributed by atoms with Crippen LogP contribution in [0.25, 0.3) is 0 Å². The number of hydrogen-bond donors (Lipinski definition) is 2. The predicted molar refractivity (Wildman–Crippen MR) is 80.4 cm³/mol. The molecule has 1 aliphatic carbocycles. The summed E-state index contributed by atoms with van der Waals surface area (Å²) in [6.07, 6.45) is 1.69. The highest BCUT2D eigenvalue weighted by Gasteiger charge is 2.25. The van der Waals surface area contributed by atoms with E-state index in [2.05, 4.69) is 5.32 Å². The molecule has 1 aromatic carbocycles. The van der Waals surface area contributed by atoms with Gasteiger partial charge in [-0.05, 0) is 42.2 Å². The molecule has 0 spiro atoms. The molecule has 0 saturated heterocycles. The number of nitrogen functional groups attached to an aromatic ring is 1. The lowest BCUT2D eigenvalue weighted by Crippen LogP contribution is -2.26. The van der Waals surface area contributed by atoms with Gasteiger partial charge in [0.05, 0.1) is 15.8 Å². The third kappa shape index (κ3) is 2.59. The largest absolute Gasteiger partial charge is 0.399 e. The van der Waals surface area contributed by atoms with Crippen molar-refractivity contribution in [2.75, 3.05) is 5.73 Å². The van der Waals surface area contributed by atoms with Crippen molar-refractivity contribution in [2.45, 2.75) is 18.9 Å². The highest BCUT2D eigenvalue weighted by Crippen LogP contribution is 2.33. The zero-order chi connectivity index (χ0) is 15.0. The number of nitrogens with zero attached hydrogens (tertiary/aromatic N) is 1. The first-order chi connectivity index (χ1) is 10.0. The molecule has 108 valence electrons. The zero-order valence-corrected chi connectivity index (χ0v) is 11.9. The summed E-state index contributed by atoms with van der Waals surface area (Å²) in [7, 11) is 0. The van der Waals surface area contributed by atoms with Gasteiger partial charge in [0.2, 0.25) is 0 Å². The Morgan fingerprint density at radius 3 is 2.90 bits per heavy atom. The molecule has 6 nitrogen and oxygen atoms in total. The minimum Gasteiger partial charge on any atom is -0.399 e. The lowest BCUT2D eigenvalue weighted by molar-refractivity contribution is -0.380. The van der Waals surface area contributed by atoms with Crippen LogP contribution in [-0.4, -0.2) is 10.8 Å². The van der Waals surface area contributed by atoms with Crippen molar-refractivity contribution in [3.63, 3.8) is 0 Å². The molecule has 21 heavy (non-hydrogen) atoms. The molecule has 2 aromatic rings. The molecule has 1 aliphatic rings. The second-order valence-electron chi connectivity index (χ2n) is 4.92. The number of rotatable bonds is 3. The van der Waals surface area contributed by atoms with E-state index in [9.17, 15) is 14.9 Å². The molecule has 7 heteroatoms. The van der Waals surface area contributed by atoms with Gasteiger partial charge in [-0.15, -0.1) is 0 Å². The fourth-order valence-electron chi connectivity index (χ4n) is 2.56. The average Bonchev–Trinajstić information content (AvgIpc) is 3.06. The summed E-state index contributed by atoms with van der Waals surface area (Å²) in [6, 6.07) is 8.45. The minimum absolute atomic E-state index is 0.0280. The van der Waals surface area contributed by atoms with Crippen molar-refractivity contribution in [1.82, 2.24) is 5.32 Å². The summed E-state index contributed by atoms with van der Waals surface area (Å²) in [6.45, 7) is 0. The number of aryl methyl sites for hydroxylation is 1. The average molecular weight is 303 g/mol. The molecule has 0 saturated carbocycles. The SMILES string of the molecule is Nc1ccc2c(c1)CCC2NC(=O)c1ccc([N+](=O)[O-])s1. The van der Waals surface area contributed by atoms with Crippen LogP contribution in [0.2, 0.25) is 0 Å². The van der Waals surface area contributed by atoms with Crippen LogP contribution in [0.15, 0.2) is 30.3 Å². The van der Waals surface area contributed by atoms with E-state index in [4.69, 9.17) is 5.73 Å². The summed E-state index contributed by atoms with van der Waals surface area (Å²) in [5.41, 5.74) is 8.69. The van der Waals surface area contributed by atoms with Crippen molar-refractivity contribution in [3.8, 4) is 0 Å². The Bertz CT molecular complexity index is 726. The maximum atomic E-state index is 12.2. The lowest BCUT2D eigenvalue weighted by atomic mass is 10.1. The lowest BCUT2D eigenvalue weighted by Gasteiger charge is -2.13. The van der Waals surface area contributed by atoms with Gasteiger partial charge >= 0.3 is 5.00 Å².